The van der Waals surface area contributed by atoms with Gasteiger partial charge in [0, 0.05) is 10.6 Å². The molecule has 0 spiro atoms. The lowest BCUT2D eigenvalue weighted by Gasteiger charge is -2.06. The number of esters is 1. The molecule has 0 radical (unpaired) electrons. The van der Waals surface area contributed by atoms with Crippen LogP contribution in [0.4, 0.5) is 0 Å². The van der Waals surface area contributed by atoms with Crippen molar-refractivity contribution in [3.63, 3.8) is 0 Å². The van der Waals surface area contributed by atoms with Crippen molar-refractivity contribution in [1.29, 1.82) is 0 Å². The van der Waals surface area contributed by atoms with E-state index in [2.05, 4.69) is 0 Å². The first-order valence-electron chi connectivity index (χ1n) is 8.78. The van der Waals surface area contributed by atoms with Crippen LogP contribution >= 0.6 is 11.6 Å². The normalized spacial score (nSPS) is 12.2. The van der Waals surface area contributed by atoms with Crippen molar-refractivity contribution >= 4 is 29.4 Å². The molecule has 144 valence electrons. The Labute approximate surface area is 172 Å². The quantitative estimate of drug-likeness (QED) is 0.253. The molecule has 3 aromatic rings. The van der Waals surface area contributed by atoms with Crippen LogP contribution in [0.15, 0.2) is 72.8 Å². The molecule has 0 atom stereocenters. The van der Waals surface area contributed by atoms with Crippen LogP contribution in [0.1, 0.15) is 26.3 Å². The average molecular weight is 407 g/mol. The maximum absolute atomic E-state index is 12.4. The second kappa shape index (κ2) is 8.20. The van der Waals surface area contributed by atoms with Crippen LogP contribution in [0.25, 0.3) is 6.08 Å². The first-order chi connectivity index (χ1) is 14.1. The Morgan fingerprint density at radius 1 is 0.897 bits per heavy atom. The Kier molecular flexibility index (Phi) is 5.31. The summed E-state index contributed by atoms with van der Waals surface area (Å²) < 4.78 is 15.9. The first kappa shape index (κ1) is 18.8. The van der Waals surface area contributed by atoms with Crippen LogP contribution in [-0.4, -0.2) is 18.5 Å². The van der Waals surface area contributed by atoms with E-state index >= 15 is 0 Å². The monoisotopic (exact) mass is 406 g/mol. The van der Waals surface area contributed by atoms with Gasteiger partial charge in [0.1, 0.15) is 5.75 Å². The fourth-order valence-corrected chi connectivity index (χ4v) is 2.88. The van der Waals surface area contributed by atoms with Crippen molar-refractivity contribution in [2.45, 2.75) is 0 Å². The average Bonchev–Trinajstić information content (AvgIpc) is 3.20. The number of benzene rings is 3. The lowest BCUT2D eigenvalue weighted by atomic mass is 10.1. The second-order valence-electron chi connectivity index (χ2n) is 6.23. The molecule has 0 aliphatic carbocycles. The molecule has 5 nitrogen and oxygen atoms in total. The molecule has 29 heavy (non-hydrogen) atoms. The van der Waals surface area contributed by atoms with E-state index in [-0.39, 0.29) is 12.6 Å². The molecular weight excluding hydrogens is 392 g/mol. The summed E-state index contributed by atoms with van der Waals surface area (Å²) in [7, 11) is 0. The van der Waals surface area contributed by atoms with E-state index in [0.29, 0.717) is 33.4 Å². The maximum atomic E-state index is 12.4. The summed E-state index contributed by atoms with van der Waals surface area (Å²) >= 11 is 5.84. The summed E-state index contributed by atoms with van der Waals surface area (Å²) in [6.07, 6.45) is 3.12. The zero-order chi connectivity index (χ0) is 20.2. The number of allylic oxidation sites excluding steroid dienone is 1. The van der Waals surface area contributed by atoms with E-state index in [1.165, 1.54) is 6.08 Å². The van der Waals surface area contributed by atoms with Gasteiger partial charge in [-0.15, -0.1) is 0 Å². The molecule has 0 aromatic heterocycles. The van der Waals surface area contributed by atoms with Crippen molar-refractivity contribution in [3.8, 4) is 17.2 Å². The van der Waals surface area contributed by atoms with Crippen molar-refractivity contribution in [3.05, 3.63) is 94.5 Å². The van der Waals surface area contributed by atoms with E-state index in [1.54, 1.807) is 66.7 Å². The number of carbonyl (C=O) groups is 2. The van der Waals surface area contributed by atoms with Crippen LogP contribution < -0.4 is 14.2 Å². The van der Waals surface area contributed by atoms with Gasteiger partial charge >= 0.3 is 5.97 Å². The summed E-state index contributed by atoms with van der Waals surface area (Å²) in [6.45, 7) is 0.136. The summed E-state index contributed by atoms with van der Waals surface area (Å²) in [5.41, 5.74) is 1.62. The van der Waals surface area contributed by atoms with Crippen molar-refractivity contribution in [1.82, 2.24) is 0 Å². The molecule has 1 heterocycles. The van der Waals surface area contributed by atoms with Gasteiger partial charge in [-0.1, -0.05) is 29.8 Å². The fraction of sp³-hybridized carbons (Fsp3) is 0.0435. The van der Waals surface area contributed by atoms with Gasteiger partial charge in [-0.05, 0) is 66.2 Å². The third-order valence-electron chi connectivity index (χ3n) is 4.23. The molecule has 0 N–H and O–H groups in total. The van der Waals surface area contributed by atoms with Gasteiger partial charge in [-0.2, -0.15) is 0 Å². The summed E-state index contributed by atoms with van der Waals surface area (Å²) in [5.74, 6) is 0.815. The van der Waals surface area contributed by atoms with Gasteiger partial charge in [0.2, 0.25) is 6.79 Å². The van der Waals surface area contributed by atoms with Crippen LogP contribution in [-0.2, 0) is 0 Å². The topological polar surface area (TPSA) is 61.8 Å². The van der Waals surface area contributed by atoms with Gasteiger partial charge in [0.15, 0.2) is 17.3 Å². The summed E-state index contributed by atoms with van der Waals surface area (Å²) in [4.78, 5) is 24.6. The Balaban J connectivity index is 1.45. The van der Waals surface area contributed by atoms with Crippen LogP contribution in [0.3, 0.4) is 0 Å². The lowest BCUT2D eigenvalue weighted by molar-refractivity contribution is 0.0734. The molecule has 6 heteroatoms. The number of halogens is 1. The number of hydrogen-bond acceptors (Lipinski definition) is 5. The third kappa shape index (κ3) is 4.47. The molecular formula is C23H15ClO5. The molecule has 1 aliphatic rings. The van der Waals surface area contributed by atoms with Crippen LogP contribution in [0, 0.1) is 0 Å². The predicted octanol–water partition coefficient (Wildman–Crippen LogP) is 5.18. The highest BCUT2D eigenvalue weighted by Gasteiger charge is 2.17. The Hall–Kier alpha value is -3.57. The second-order valence-corrected chi connectivity index (χ2v) is 6.67. The van der Waals surface area contributed by atoms with E-state index in [4.69, 9.17) is 25.8 Å². The Morgan fingerprint density at radius 2 is 1.66 bits per heavy atom. The molecule has 0 amide bonds. The molecule has 4 rings (SSSR count). The highest BCUT2D eigenvalue weighted by molar-refractivity contribution is 6.30. The Bertz CT molecular complexity index is 1100. The maximum Gasteiger partial charge on any atom is 0.343 e. The van der Waals surface area contributed by atoms with Crippen molar-refractivity contribution < 1.29 is 23.8 Å². The molecule has 0 unspecified atom stereocenters. The van der Waals surface area contributed by atoms with Gasteiger partial charge in [-0.25, -0.2) is 4.79 Å². The predicted molar refractivity (Wildman–Crippen MR) is 109 cm³/mol. The van der Waals surface area contributed by atoms with Crippen molar-refractivity contribution in [2.24, 2.45) is 0 Å². The number of fused-ring (bicyclic) bond motifs is 1. The van der Waals surface area contributed by atoms with Crippen molar-refractivity contribution in [2.75, 3.05) is 6.79 Å². The van der Waals surface area contributed by atoms with E-state index in [9.17, 15) is 9.59 Å². The number of carbonyl (C=O) groups excluding carboxylic acids is 2. The van der Waals surface area contributed by atoms with Crippen LogP contribution in [0.2, 0.25) is 5.02 Å². The highest BCUT2D eigenvalue weighted by atomic mass is 35.5. The highest BCUT2D eigenvalue weighted by Crippen LogP contribution is 2.32. The third-order valence-corrected chi connectivity index (χ3v) is 4.48. The lowest BCUT2D eigenvalue weighted by Crippen LogP contribution is -2.08. The zero-order valence-corrected chi connectivity index (χ0v) is 15.9. The van der Waals surface area contributed by atoms with E-state index in [0.717, 1.165) is 5.56 Å². The zero-order valence-electron chi connectivity index (χ0n) is 15.1. The van der Waals surface area contributed by atoms with Gasteiger partial charge in [-0.3, -0.25) is 4.79 Å². The Morgan fingerprint density at radius 3 is 2.48 bits per heavy atom. The first-order valence-corrected chi connectivity index (χ1v) is 9.16. The van der Waals surface area contributed by atoms with E-state index < -0.39 is 5.97 Å². The number of rotatable bonds is 5. The van der Waals surface area contributed by atoms with E-state index in [1.807, 2.05) is 6.07 Å². The number of hydrogen-bond donors (Lipinski definition) is 0. The number of ketones is 1. The van der Waals surface area contributed by atoms with Gasteiger partial charge in [0.05, 0.1) is 5.56 Å². The molecule has 0 bridgehead atoms. The minimum absolute atomic E-state index is 0.136. The van der Waals surface area contributed by atoms with Crippen LogP contribution in [0.5, 0.6) is 17.2 Å². The molecule has 0 saturated carbocycles. The van der Waals surface area contributed by atoms with Gasteiger partial charge < -0.3 is 14.2 Å². The SMILES string of the molecule is O=C(C=Cc1cccc(OC(=O)c2ccc3c(c2)OCO3)c1)c1ccc(Cl)cc1. The largest absolute Gasteiger partial charge is 0.454 e. The summed E-state index contributed by atoms with van der Waals surface area (Å²) in [6, 6.07) is 18.4. The molecule has 0 fully saturated rings. The standard InChI is InChI=1S/C23H15ClO5/c24-18-8-5-16(6-9-18)20(25)10-4-15-2-1-3-19(12-15)29-23(26)17-7-11-21-22(13-17)28-14-27-21/h1-13H,14H2. The summed E-state index contributed by atoms with van der Waals surface area (Å²) in [5, 5.41) is 0.572. The number of ether oxygens (including phenoxy) is 3. The molecule has 1 aliphatic heterocycles. The smallest absolute Gasteiger partial charge is 0.343 e. The minimum Gasteiger partial charge on any atom is -0.454 e. The van der Waals surface area contributed by atoms with Gasteiger partial charge in [0.25, 0.3) is 0 Å². The fourth-order valence-electron chi connectivity index (χ4n) is 2.75. The molecule has 3 aromatic carbocycles. The molecule has 0 saturated heterocycles. The minimum atomic E-state index is -0.512.